The molecular weight excluding hydrogens is 661 g/mol. The number of esters is 1. The Hall–Kier alpha value is -3.31. The van der Waals surface area contributed by atoms with E-state index in [0.29, 0.717) is 5.57 Å². The monoisotopic (exact) mass is 697 g/mol. The topological polar surface area (TPSA) is 175 Å². The molecule has 1 aromatic heterocycles. The lowest BCUT2D eigenvalue weighted by Crippen LogP contribution is -2.72. The number of hydrogen-bond acceptors (Lipinski definition) is 13. The molecule has 2 aliphatic heterocycles. The van der Waals surface area contributed by atoms with Crippen LogP contribution >= 0.6 is 34.7 Å². The molecule has 1 saturated carbocycles. The third-order valence-electron chi connectivity index (χ3n) is 6.79. The van der Waals surface area contributed by atoms with Gasteiger partial charge in [0.25, 0.3) is 11.8 Å². The molecule has 1 saturated heterocycles. The SMILES string of the molecule is BOC(=O)C1=C(CCl)C2(CC2)S[C@@H]2[C@H](NC(=O)/C(=N\OC(C)(C)C(=O)OC(C)(C)C)c3csc(NC(=O)OC(C)(C)C)n3)C(=O)N12. The molecule has 0 aromatic carbocycles. The average Bonchev–Trinajstić information content (AvgIpc) is 3.56. The standard InChI is InChI=1S/C28H37BClN5O9S2/c1-25(2,3)41-22(39)27(7,8)44-34-15(14-12-45-23(31-14)33-24(40)42-26(4,5)6)18(36)32-16-19(37)35-17(21(38)43-29)13(11-30)28(9-10-28)46-20(16)35/h12,16,20H,9-11,29H2,1-8H3,(H,32,36)(H,31,33,40)/b34-15-/t16-,20-/m1/s1. The van der Waals surface area contributed by atoms with E-state index < -0.39 is 62.8 Å². The van der Waals surface area contributed by atoms with E-state index in [4.69, 9.17) is 30.6 Å². The molecule has 0 radical (unpaired) electrons. The molecule has 2 N–H and O–H groups in total. The van der Waals surface area contributed by atoms with Gasteiger partial charge in [0.2, 0.25) is 5.60 Å². The summed E-state index contributed by atoms with van der Waals surface area (Å²) in [5.74, 6) is -2.74. The molecule has 4 rings (SSSR count). The van der Waals surface area contributed by atoms with E-state index in [1.165, 1.54) is 43.9 Å². The van der Waals surface area contributed by atoms with E-state index in [2.05, 4.69) is 20.8 Å². The number of aromatic nitrogens is 1. The quantitative estimate of drug-likeness (QED) is 0.0970. The number of alkyl halides is 1. The number of carbonyl (C=O) groups excluding carboxylic acids is 5. The molecular formula is C28H37BClN5O9S2. The van der Waals surface area contributed by atoms with Crippen LogP contribution in [0.4, 0.5) is 9.93 Å². The molecule has 1 spiro atoms. The molecule has 2 atom stereocenters. The molecule has 250 valence electrons. The summed E-state index contributed by atoms with van der Waals surface area (Å²) in [7, 11) is 1.22. The number of rotatable bonds is 9. The fourth-order valence-corrected chi connectivity index (χ4v) is 7.39. The first kappa shape index (κ1) is 35.5. The number of nitrogens with one attached hydrogen (secondary N) is 2. The molecule has 3 amide bonds. The maximum absolute atomic E-state index is 13.8. The lowest BCUT2D eigenvalue weighted by molar-refractivity contribution is -0.179. The van der Waals surface area contributed by atoms with Gasteiger partial charge in [0, 0.05) is 16.0 Å². The summed E-state index contributed by atoms with van der Waals surface area (Å²) < 4.78 is 15.2. The van der Waals surface area contributed by atoms with Crippen molar-refractivity contribution in [3.63, 3.8) is 0 Å². The highest BCUT2D eigenvalue weighted by atomic mass is 35.5. The smallest absolute Gasteiger partial charge is 0.413 e. The van der Waals surface area contributed by atoms with Crippen LogP contribution in [0, 0.1) is 0 Å². The van der Waals surface area contributed by atoms with Gasteiger partial charge >= 0.3 is 26.1 Å². The minimum Gasteiger partial charge on any atom is -0.539 e. The van der Waals surface area contributed by atoms with Crippen LogP contribution in [0.3, 0.4) is 0 Å². The normalized spacial score (nSPS) is 20.8. The predicted molar refractivity (Wildman–Crippen MR) is 174 cm³/mol. The number of β-lactam (4-membered cyclic amide) rings is 1. The summed E-state index contributed by atoms with van der Waals surface area (Å²) in [4.78, 5) is 76.2. The first-order chi connectivity index (χ1) is 21.2. The summed E-state index contributed by atoms with van der Waals surface area (Å²) in [6.07, 6.45) is 0.755. The minimum absolute atomic E-state index is 0.00768. The number of amides is 3. The molecule has 2 fully saturated rings. The minimum atomic E-state index is -1.62. The van der Waals surface area contributed by atoms with Crippen molar-refractivity contribution in [2.24, 2.45) is 5.16 Å². The van der Waals surface area contributed by atoms with Gasteiger partial charge in [-0.2, -0.15) is 0 Å². The molecule has 14 nitrogen and oxygen atoms in total. The number of hydrogen-bond donors (Lipinski definition) is 2. The van der Waals surface area contributed by atoms with Crippen LogP contribution in [0.2, 0.25) is 0 Å². The summed E-state index contributed by atoms with van der Waals surface area (Å²) in [6, 6.07) is -1.03. The van der Waals surface area contributed by atoms with Crippen LogP contribution in [-0.4, -0.2) is 92.3 Å². The number of fused-ring (bicyclic) bond motifs is 1. The van der Waals surface area contributed by atoms with Crippen molar-refractivity contribution < 1.29 is 42.9 Å². The molecule has 3 heterocycles. The third-order valence-corrected chi connectivity index (χ3v) is 9.65. The van der Waals surface area contributed by atoms with Crippen LogP contribution < -0.4 is 10.6 Å². The Labute approximate surface area is 280 Å². The Morgan fingerprint density at radius 3 is 2.28 bits per heavy atom. The molecule has 0 bridgehead atoms. The van der Waals surface area contributed by atoms with Crippen molar-refractivity contribution in [3.05, 3.63) is 22.3 Å². The number of ether oxygens (including phenoxy) is 2. The second-order valence-corrected chi connectivity index (χ2v) is 15.9. The average molecular weight is 698 g/mol. The van der Waals surface area contributed by atoms with Crippen molar-refractivity contribution in [2.45, 2.75) is 101 Å². The number of nitrogens with zero attached hydrogens (tertiary/aromatic N) is 3. The van der Waals surface area contributed by atoms with Gasteiger partial charge in [-0.3, -0.25) is 19.8 Å². The lowest BCUT2D eigenvalue weighted by atomic mass is 10.00. The highest BCUT2D eigenvalue weighted by Crippen LogP contribution is 2.62. The number of anilines is 1. The van der Waals surface area contributed by atoms with E-state index in [9.17, 15) is 24.0 Å². The van der Waals surface area contributed by atoms with Gasteiger partial charge in [-0.1, -0.05) is 5.16 Å². The molecule has 46 heavy (non-hydrogen) atoms. The molecule has 1 aromatic rings. The van der Waals surface area contributed by atoms with Crippen molar-refractivity contribution in [2.75, 3.05) is 11.2 Å². The van der Waals surface area contributed by atoms with Crippen LogP contribution in [0.5, 0.6) is 0 Å². The molecule has 3 aliphatic rings. The van der Waals surface area contributed by atoms with Gasteiger partial charge in [0.05, 0.1) is 0 Å². The first-order valence-electron chi connectivity index (χ1n) is 14.4. The maximum atomic E-state index is 13.8. The number of carbonyl (C=O) groups is 5. The Balaban J connectivity index is 1.61. The van der Waals surface area contributed by atoms with Gasteiger partial charge in [-0.15, -0.1) is 34.7 Å². The number of halogens is 1. The summed E-state index contributed by atoms with van der Waals surface area (Å²) in [6.45, 7) is 13.1. The highest BCUT2D eigenvalue weighted by Gasteiger charge is 2.63. The fraction of sp³-hybridized carbons (Fsp3) is 0.607. The van der Waals surface area contributed by atoms with Crippen LogP contribution in [0.1, 0.15) is 73.9 Å². The Morgan fingerprint density at radius 1 is 1.11 bits per heavy atom. The number of thiazole rings is 1. The van der Waals surface area contributed by atoms with Crippen molar-refractivity contribution in [1.29, 1.82) is 0 Å². The van der Waals surface area contributed by atoms with E-state index in [1.54, 1.807) is 41.5 Å². The number of thioether (sulfide) groups is 1. The van der Waals surface area contributed by atoms with E-state index >= 15 is 0 Å². The fourth-order valence-electron chi connectivity index (χ4n) is 4.50. The van der Waals surface area contributed by atoms with Crippen molar-refractivity contribution >= 4 is 83.4 Å². The summed E-state index contributed by atoms with van der Waals surface area (Å²) in [5, 5.41) is 10.1. The Bertz CT molecular complexity index is 1510. The van der Waals surface area contributed by atoms with Crippen LogP contribution in [0.15, 0.2) is 21.8 Å². The number of oxime groups is 1. The second kappa shape index (κ2) is 12.7. The van der Waals surface area contributed by atoms with Crippen molar-refractivity contribution in [1.82, 2.24) is 15.2 Å². The van der Waals surface area contributed by atoms with Gasteiger partial charge in [-0.25, -0.2) is 19.4 Å². The molecule has 1 aliphatic carbocycles. The zero-order valence-electron chi connectivity index (χ0n) is 27.1. The highest BCUT2D eigenvalue weighted by molar-refractivity contribution is 8.02. The van der Waals surface area contributed by atoms with E-state index in [0.717, 1.165) is 24.2 Å². The van der Waals surface area contributed by atoms with Gasteiger partial charge in [-0.05, 0) is 73.8 Å². The largest absolute Gasteiger partial charge is 0.539 e. The summed E-state index contributed by atoms with van der Waals surface area (Å²) >= 11 is 8.66. The van der Waals surface area contributed by atoms with Crippen molar-refractivity contribution in [3.8, 4) is 0 Å². The van der Waals surface area contributed by atoms with Crippen LogP contribution in [0.25, 0.3) is 0 Å². The van der Waals surface area contributed by atoms with E-state index in [-0.39, 0.29) is 28.1 Å². The zero-order valence-corrected chi connectivity index (χ0v) is 29.5. The first-order valence-corrected chi connectivity index (χ1v) is 16.7. The Morgan fingerprint density at radius 2 is 1.74 bits per heavy atom. The van der Waals surface area contributed by atoms with Gasteiger partial charge in [0.15, 0.2) is 10.8 Å². The maximum Gasteiger partial charge on any atom is 0.413 e. The van der Waals surface area contributed by atoms with E-state index in [1.807, 2.05) is 0 Å². The third kappa shape index (κ3) is 7.63. The zero-order chi connectivity index (χ0) is 34.4. The summed E-state index contributed by atoms with van der Waals surface area (Å²) in [5.41, 5.74) is -2.84. The molecule has 18 heteroatoms. The van der Waals surface area contributed by atoms with Gasteiger partial charge in [0.1, 0.15) is 34.0 Å². The van der Waals surface area contributed by atoms with Gasteiger partial charge < -0.3 is 24.3 Å². The lowest BCUT2D eigenvalue weighted by Gasteiger charge is -2.52. The Kier molecular flexibility index (Phi) is 9.83. The predicted octanol–water partition coefficient (Wildman–Crippen LogP) is 2.85. The van der Waals surface area contributed by atoms with Crippen LogP contribution in [-0.2, 0) is 38.1 Å². The second-order valence-electron chi connectivity index (χ2n) is 13.3. The molecule has 0 unspecified atom stereocenters.